The van der Waals surface area contributed by atoms with Gasteiger partial charge in [0.25, 0.3) is 0 Å². The number of carbonyl (C=O) groups excluding carboxylic acids is 1. The Morgan fingerprint density at radius 2 is 2.00 bits per heavy atom. The molecule has 0 spiro atoms. The van der Waals surface area contributed by atoms with Crippen LogP contribution in [0.1, 0.15) is 17.0 Å². The van der Waals surface area contributed by atoms with E-state index in [1.54, 1.807) is 19.4 Å². The monoisotopic (exact) mass is 400 g/mol. The first-order valence-corrected chi connectivity index (χ1v) is 9.78. The quantitative estimate of drug-likeness (QED) is 0.499. The van der Waals surface area contributed by atoms with E-state index in [4.69, 9.17) is 4.74 Å². The van der Waals surface area contributed by atoms with Crippen LogP contribution in [0.25, 0.3) is 10.9 Å². The summed E-state index contributed by atoms with van der Waals surface area (Å²) in [4.78, 5) is 16.8. The van der Waals surface area contributed by atoms with Crippen LogP contribution in [0.15, 0.2) is 79.3 Å². The van der Waals surface area contributed by atoms with Gasteiger partial charge in [-0.1, -0.05) is 30.3 Å². The van der Waals surface area contributed by atoms with Crippen LogP contribution in [0.2, 0.25) is 0 Å². The van der Waals surface area contributed by atoms with E-state index in [2.05, 4.69) is 38.5 Å². The number of nitrogens with zero attached hydrogens (tertiary/aromatic N) is 2. The number of hydrogen-bond acceptors (Lipinski definition) is 3. The number of fused-ring (bicyclic) bond motifs is 1. The number of nitrogens with one attached hydrogen (secondary N) is 2. The van der Waals surface area contributed by atoms with Gasteiger partial charge in [0.1, 0.15) is 5.75 Å². The van der Waals surface area contributed by atoms with Crippen molar-refractivity contribution in [1.29, 1.82) is 0 Å². The number of para-hydroxylation sites is 1. The van der Waals surface area contributed by atoms with Crippen molar-refractivity contribution in [3.05, 3.63) is 90.4 Å². The molecule has 0 saturated heterocycles. The Hall–Kier alpha value is -3.80. The Kier molecular flexibility index (Phi) is 5.66. The summed E-state index contributed by atoms with van der Waals surface area (Å²) in [5, 5.41) is 7.05. The minimum atomic E-state index is -0.266. The minimum Gasteiger partial charge on any atom is -0.497 e. The average Bonchev–Trinajstić information content (AvgIpc) is 3.11. The number of aromatic nitrogens is 2. The highest BCUT2D eigenvalue weighted by molar-refractivity contribution is 5.90. The van der Waals surface area contributed by atoms with Crippen LogP contribution in [0.4, 0.5) is 10.5 Å². The Morgan fingerprint density at radius 3 is 2.80 bits per heavy atom. The number of pyridine rings is 1. The zero-order chi connectivity index (χ0) is 20.9. The zero-order valence-electron chi connectivity index (χ0n) is 17.0. The Morgan fingerprint density at radius 1 is 1.13 bits per heavy atom. The molecule has 2 N–H and O–H groups in total. The summed E-state index contributed by atoms with van der Waals surface area (Å²) in [6.45, 7) is 0.440. The molecular formula is C24H24N4O2. The number of benzene rings is 2. The second-order valence-corrected chi connectivity index (χ2v) is 7.12. The van der Waals surface area contributed by atoms with Crippen molar-refractivity contribution in [2.75, 3.05) is 19.0 Å². The summed E-state index contributed by atoms with van der Waals surface area (Å²) in [7, 11) is 3.64. The van der Waals surface area contributed by atoms with Crippen LogP contribution in [0, 0.1) is 0 Å². The predicted molar refractivity (Wildman–Crippen MR) is 119 cm³/mol. The first-order chi connectivity index (χ1) is 14.7. The fourth-order valence-electron chi connectivity index (χ4n) is 3.71. The summed E-state index contributed by atoms with van der Waals surface area (Å²) in [5.41, 5.74) is 4.04. The molecule has 0 bridgehead atoms. The lowest BCUT2D eigenvalue weighted by molar-refractivity contribution is 0.252. The van der Waals surface area contributed by atoms with E-state index < -0.39 is 0 Å². The van der Waals surface area contributed by atoms with E-state index in [-0.39, 0.29) is 11.9 Å². The molecule has 0 aliphatic rings. The van der Waals surface area contributed by atoms with E-state index >= 15 is 0 Å². The van der Waals surface area contributed by atoms with E-state index in [0.29, 0.717) is 18.0 Å². The third-order valence-corrected chi connectivity index (χ3v) is 5.18. The number of aryl methyl sites for hydroxylation is 1. The van der Waals surface area contributed by atoms with Gasteiger partial charge < -0.3 is 19.9 Å². The number of methoxy groups -OCH3 is 1. The SMILES string of the molecule is COc1cccc(NC(=O)NC[C@H](c2cccnc2)c2cn(C)c3ccccc23)c1. The van der Waals surface area contributed by atoms with E-state index in [0.717, 1.165) is 16.6 Å². The molecule has 1 atom stereocenters. The highest BCUT2D eigenvalue weighted by Gasteiger charge is 2.20. The molecule has 2 amide bonds. The molecule has 2 aromatic heterocycles. The van der Waals surface area contributed by atoms with Gasteiger partial charge in [0.15, 0.2) is 0 Å². The predicted octanol–water partition coefficient (Wildman–Crippen LogP) is 4.54. The molecular weight excluding hydrogens is 376 g/mol. The maximum absolute atomic E-state index is 12.6. The summed E-state index contributed by atoms with van der Waals surface area (Å²) in [6.07, 6.45) is 5.74. The topological polar surface area (TPSA) is 68.2 Å². The Balaban J connectivity index is 1.57. The normalized spacial score (nSPS) is 11.8. The Labute approximate surface area is 175 Å². The molecule has 2 heterocycles. The molecule has 0 aliphatic carbocycles. The van der Waals surface area contributed by atoms with Gasteiger partial charge in [0.05, 0.1) is 7.11 Å². The zero-order valence-corrected chi connectivity index (χ0v) is 17.0. The number of carbonyl (C=O) groups is 1. The van der Waals surface area contributed by atoms with Gasteiger partial charge in [-0.15, -0.1) is 0 Å². The lowest BCUT2D eigenvalue weighted by atomic mass is 9.92. The van der Waals surface area contributed by atoms with Gasteiger partial charge in [-0.2, -0.15) is 0 Å². The molecule has 4 rings (SSSR count). The number of rotatable bonds is 6. The summed E-state index contributed by atoms with van der Waals surface area (Å²) >= 11 is 0. The summed E-state index contributed by atoms with van der Waals surface area (Å²) in [5.74, 6) is 0.664. The summed E-state index contributed by atoms with van der Waals surface area (Å²) < 4.78 is 7.33. The highest BCUT2D eigenvalue weighted by atomic mass is 16.5. The van der Waals surface area contributed by atoms with Gasteiger partial charge >= 0.3 is 6.03 Å². The number of hydrogen-bond donors (Lipinski definition) is 2. The second kappa shape index (κ2) is 8.69. The number of anilines is 1. The van der Waals surface area contributed by atoms with Crippen LogP contribution in [-0.4, -0.2) is 29.2 Å². The summed E-state index contributed by atoms with van der Waals surface area (Å²) in [6, 6.07) is 19.3. The van der Waals surface area contributed by atoms with Crippen molar-refractivity contribution in [2.24, 2.45) is 7.05 Å². The maximum Gasteiger partial charge on any atom is 0.319 e. The molecule has 4 aromatic rings. The molecule has 152 valence electrons. The number of amides is 2. The second-order valence-electron chi connectivity index (χ2n) is 7.12. The smallest absolute Gasteiger partial charge is 0.319 e. The molecule has 0 radical (unpaired) electrons. The fraction of sp³-hybridized carbons (Fsp3) is 0.167. The fourth-order valence-corrected chi connectivity index (χ4v) is 3.71. The molecule has 0 aliphatic heterocycles. The van der Waals surface area contributed by atoms with Crippen LogP contribution >= 0.6 is 0 Å². The molecule has 6 heteroatoms. The van der Waals surface area contributed by atoms with Crippen molar-refractivity contribution >= 4 is 22.6 Å². The standard InChI is InChI=1S/C24H24N4O2/c1-28-16-22(20-10-3-4-11-23(20)28)21(17-7-6-12-25-14-17)15-26-24(29)27-18-8-5-9-19(13-18)30-2/h3-14,16,21H,15H2,1-2H3,(H2,26,27,29)/t21-/m1/s1. The van der Waals surface area contributed by atoms with Gasteiger partial charge in [-0.05, 0) is 35.4 Å². The largest absolute Gasteiger partial charge is 0.497 e. The maximum atomic E-state index is 12.6. The highest BCUT2D eigenvalue weighted by Crippen LogP contribution is 2.31. The third-order valence-electron chi connectivity index (χ3n) is 5.18. The van der Waals surface area contributed by atoms with E-state index in [1.807, 2.05) is 55.7 Å². The Bertz CT molecular complexity index is 1150. The van der Waals surface area contributed by atoms with Crippen LogP contribution in [0.3, 0.4) is 0 Å². The minimum absolute atomic E-state index is 0.0270. The van der Waals surface area contributed by atoms with Crippen LogP contribution in [-0.2, 0) is 7.05 Å². The molecule has 0 fully saturated rings. The lowest BCUT2D eigenvalue weighted by Gasteiger charge is -2.18. The number of ether oxygens (including phenoxy) is 1. The first kappa shape index (κ1) is 19.5. The van der Waals surface area contributed by atoms with Crippen LogP contribution < -0.4 is 15.4 Å². The molecule has 0 unspecified atom stereocenters. The molecule has 6 nitrogen and oxygen atoms in total. The average molecular weight is 400 g/mol. The molecule has 2 aromatic carbocycles. The van der Waals surface area contributed by atoms with Crippen molar-refractivity contribution in [3.63, 3.8) is 0 Å². The van der Waals surface area contributed by atoms with Gasteiger partial charge in [-0.3, -0.25) is 4.98 Å². The van der Waals surface area contributed by atoms with Gasteiger partial charge in [0, 0.05) is 60.8 Å². The van der Waals surface area contributed by atoms with Crippen molar-refractivity contribution in [1.82, 2.24) is 14.9 Å². The van der Waals surface area contributed by atoms with Gasteiger partial charge in [-0.25, -0.2) is 4.79 Å². The number of urea groups is 1. The first-order valence-electron chi connectivity index (χ1n) is 9.78. The van der Waals surface area contributed by atoms with Gasteiger partial charge in [0.2, 0.25) is 0 Å². The van der Waals surface area contributed by atoms with Crippen molar-refractivity contribution < 1.29 is 9.53 Å². The van der Waals surface area contributed by atoms with E-state index in [1.165, 1.54) is 5.39 Å². The molecule has 0 saturated carbocycles. The lowest BCUT2D eigenvalue weighted by Crippen LogP contribution is -2.32. The van der Waals surface area contributed by atoms with E-state index in [9.17, 15) is 4.79 Å². The van der Waals surface area contributed by atoms with Crippen molar-refractivity contribution in [2.45, 2.75) is 5.92 Å². The third kappa shape index (κ3) is 4.12. The van der Waals surface area contributed by atoms with Crippen LogP contribution in [0.5, 0.6) is 5.75 Å². The van der Waals surface area contributed by atoms with Crippen molar-refractivity contribution in [3.8, 4) is 5.75 Å². The molecule has 30 heavy (non-hydrogen) atoms.